The molecule has 2 heterocycles. The normalized spacial score (nSPS) is 12.1. The molecule has 2 aromatic carbocycles. The molecule has 4 rings (SSSR count). The lowest BCUT2D eigenvalue weighted by molar-refractivity contribution is -0.124. The Labute approximate surface area is 165 Å². The third-order valence-corrected chi connectivity index (χ3v) is 4.58. The van der Waals surface area contributed by atoms with Crippen molar-refractivity contribution in [3.05, 3.63) is 82.7 Å². The molecule has 1 atom stereocenters. The molecule has 2 N–H and O–H groups in total. The molecule has 1 amide bonds. The summed E-state index contributed by atoms with van der Waals surface area (Å²) in [5.41, 5.74) is 2.42. The van der Waals surface area contributed by atoms with Crippen molar-refractivity contribution in [1.82, 2.24) is 25.1 Å². The van der Waals surface area contributed by atoms with Crippen molar-refractivity contribution in [2.45, 2.75) is 19.5 Å². The van der Waals surface area contributed by atoms with Crippen molar-refractivity contribution in [3.8, 4) is 11.3 Å². The van der Waals surface area contributed by atoms with E-state index in [1.807, 2.05) is 24.3 Å². The molecule has 1 unspecified atom stereocenters. The van der Waals surface area contributed by atoms with Crippen molar-refractivity contribution in [1.29, 1.82) is 0 Å². The standard InChI is InChI=1S/C21H18FN5O2/c1-13(21(29)23-12-19-24-17-4-2-3-5-18(17)25-19)27-20(28)11-10-16(26-27)14-6-8-15(22)9-7-14/h2-11,13H,12H2,1H3,(H,23,29)(H,24,25). The maximum atomic E-state index is 13.1. The van der Waals surface area contributed by atoms with Gasteiger partial charge in [-0.05, 0) is 49.4 Å². The number of carbonyl (C=O) groups excluding carboxylic acids is 1. The maximum Gasteiger partial charge on any atom is 0.267 e. The number of benzene rings is 2. The van der Waals surface area contributed by atoms with Crippen LogP contribution in [0.25, 0.3) is 22.3 Å². The molecule has 2 aromatic heterocycles. The molecule has 0 spiro atoms. The molecule has 29 heavy (non-hydrogen) atoms. The number of carbonyl (C=O) groups is 1. The summed E-state index contributed by atoms with van der Waals surface area (Å²) in [6, 6.07) is 15.4. The van der Waals surface area contributed by atoms with E-state index < -0.39 is 11.6 Å². The number of halogens is 1. The highest BCUT2D eigenvalue weighted by Gasteiger charge is 2.18. The highest BCUT2D eigenvalue weighted by Crippen LogP contribution is 2.16. The monoisotopic (exact) mass is 391 g/mol. The van der Waals surface area contributed by atoms with Crippen LogP contribution in [0.4, 0.5) is 4.39 Å². The van der Waals surface area contributed by atoms with Gasteiger partial charge in [-0.1, -0.05) is 12.1 Å². The van der Waals surface area contributed by atoms with Crippen LogP contribution in [0.1, 0.15) is 18.8 Å². The molecule has 0 bridgehead atoms. The predicted molar refractivity (Wildman–Crippen MR) is 107 cm³/mol. The number of aromatic amines is 1. The molecule has 0 saturated carbocycles. The van der Waals surface area contributed by atoms with Crippen molar-refractivity contribution in [3.63, 3.8) is 0 Å². The molecule has 0 aliphatic heterocycles. The van der Waals surface area contributed by atoms with Crippen LogP contribution in [0.5, 0.6) is 0 Å². The van der Waals surface area contributed by atoms with E-state index in [2.05, 4.69) is 20.4 Å². The van der Waals surface area contributed by atoms with E-state index in [-0.39, 0.29) is 18.3 Å². The van der Waals surface area contributed by atoms with Gasteiger partial charge in [0.05, 0.1) is 23.3 Å². The van der Waals surface area contributed by atoms with E-state index in [9.17, 15) is 14.0 Å². The van der Waals surface area contributed by atoms with Gasteiger partial charge in [0.1, 0.15) is 17.7 Å². The second-order valence-corrected chi connectivity index (χ2v) is 6.60. The summed E-state index contributed by atoms with van der Waals surface area (Å²) in [7, 11) is 0. The zero-order valence-corrected chi connectivity index (χ0v) is 15.6. The van der Waals surface area contributed by atoms with Gasteiger partial charge >= 0.3 is 0 Å². The summed E-state index contributed by atoms with van der Waals surface area (Å²) in [5, 5.41) is 7.05. The van der Waals surface area contributed by atoms with Crippen molar-refractivity contribution >= 4 is 16.9 Å². The number of para-hydroxylation sites is 2. The Morgan fingerprint density at radius 1 is 1.14 bits per heavy atom. The van der Waals surface area contributed by atoms with Crippen molar-refractivity contribution < 1.29 is 9.18 Å². The summed E-state index contributed by atoms with van der Waals surface area (Å²) >= 11 is 0. The van der Waals surface area contributed by atoms with Gasteiger partial charge in [0, 0.05) is 11.6 Å². The number of hydrogen-bond acceptors (Lipinski definition) is 4. The number of rotatable bonds is 5. The summed E-state index contributed by atoms with van der Waals surface area (Å²) in [4.78, 5) is 32.4. The third-order valence-electron chi connectivity index (χ3n) is 4.58. The number of nitrogens with one attached hydrogen (secondary N) is 2. The van der Waals surface area contributed by atoms with E-state index in [0.717, 1.165) is 15.7 Å². The third kappa shape index (κ3) is 3.91. The Bertz CT molecular complexity index is 1200. The van der Waals surface area contributed by atoms with Crippen LogP contribution in [-0.2, 0) is 11.3 Å². The van der Waals surface area contributed by atoms with Gasteiger partial charge in [-0.15, -0.1) is 0 Å². The topological polar surface area (TPSA) is 92.7 Å². The Balaban J connectivity index is 1.51. The van der Waals surface area contributed by atoms with Gasteiger partial charge in [0.15, 0.2) is 0 Å². The summed E-state index contributed by atoms with van der Waals surface area (Å²) in [6.45, 7) is 1.79. The fraction of sp³-hybridized carbons (Fsp3) is 0.143. The minimum absolute atomic E-state index is 0.199. The lowest BCUT2D eigenvalue weighted by atomic mass is 10.1. The van der Waals surface area contributed by atoms with E-state index in [4.69, 9.17) is 0 Å². The first kappa shape index (κ1) is 18.5. The molecular formula is C21H18FN5O2. The van der Waals surface area contributed by atoms with Crippen LogP contribution in [-0.4, -0.2) is 25.7 Å². The predicted octanol–water partition coefficient (Wildman–Crippen LogP) is 2.80. The van der Waals surface area contributed by atoms with E-state index >= 15 is 0 Å². The van der Waals surface area contributed by atoms with E-state index in [1.54, 1.807) is 25.1 Å². The molecule has 0 radical (unpaired) electrons. The number of imidazole rings is 1. The Kier molecular flexibility index (Phi) is 4.90. The number of H-pyrrole nitrogens is 1. The average Bonchev–Trinajstić information content (AvgIpc) is 3.15. The quantitative estimate of drug-likeness (QED) is 0.547. The molecule has 146 valence electrons. The zero-order valence-electron chi connectivity index (χ0n) is 15.6. The average molecular weight is 391 g/mol. The van der Waals surface area contributed by atoms with Gasteiger partial charge in [-0.25, -0.2) is 14.1 Å². The maximum absolute atomic E-state index is 13.1. The zero-order chi connectivity index (χ0) is 20.4. The lowest BCUT2D eigenvalue weighted by Crippen LogP contribution is -2.36. The fourth-order valence-electron chi connectivity index (χ4n) is 3.00. The second kappa shape index (κ2) is 7.67. The van der Waals surface area contributed by atoms with E-state index in [1.165, 1.54) is 18.2 Å². The van der Waals surface area contributed by atoms with Gasteiger partial charge in [0.25, 0.3) is 5.56 Å². The van der Waals surface area contributed by atoms with Crippen LogP contribution in [0, 0.1) is 5.82 Å². The van der Waals surface area contributed by atoms with Crippen molar-refractivity contribution in [2.24, 2.45) is 0 Å². The number of fused-ring (bicyclic) bond motifs is 1. The molecule has 0 saturated heterocycles. The first-order valence-corrected chi connectivity index (χ1v) is 9.08. The van der Waals surface area contributed by atoms with Gasteiger partial charge in [-0.3, -0.25) is 9.59 Å². The first-order chi connectivity index (χ1) is 14.0. The van der Waals surface area contributed by atoms with Gasteiger partial charge < -0.3 is 10.3 Å². The van der Waals surface area contributed by atoms with Crippen LogP contribution < -0.4 is 10.9 Å². The number of nitrogens with zero attached hydrogens (tertiary/aromatic N) is 3. The highest BCUT2D eigenvalue weighted by molar-refractivity contribution is 5.80. The SMILES string of the molecule is CC(C(=O)NCc1nc2ccccc2[nH]1)n1nc(-c2ccc(F)cc2)ccc1=O. The smallest absolute Gasteiger partial charge is 0.267 e. The Hall–Kier alpha value is -3.81. The summed E-state index contributed by atoms with van der Waals surface area (Å²) in [5.74, 6) is -0.108. The molecular weight excluding hydrogens is 373 g/mol. The van der Waals surface area contributed by atoms with E-state index in [0.29, 0.717) is 17.1 Å². The number of hydrogen-bond donors (Lipinski definition) is 2. The summed E-state index contributed by atoms with van der Waals surface area (Å²) < 4.78 is 14.3. The number of amides is 1. The molecule has 0 aliphatic carbocycles. The lowest BCUT2D eigenvalue weighted by Gasteiger charge is -2.14. The molecule has 0 aliphatic rings. The largest absolute Gasteiger partial charge is 0.347 e. The summed E-state index contributed by atoms with van der Waals surface area (Å²) in [6.07, 6.45) is 0. The second-order valence-electron chi connectivity index (χ2n) is 6.60. The molecule has 4 aromatic rings. The van der Waals surface area contributed by atoms with Gasteiger partial charge in [0.2, 0.25) is 5.91 Å². The highest BCUT2D eigenvalue weighted by atomic mass is 19.1. The Morgan fingerprint density at radius 2 is 1.90 bits per heavy atom. The fourth-order valence-corrected chi connectivity index (χ4v) is 3.00. The molecule has 0 fully saturated rings. The van der Waals surface area contributed by atoms with Gasteiger partial charge in [-0.2, -0.15) is 5.10 Å². The minimum atomic E-state index is -0.827. The molecule has 8 heteroatoms. The van der Waals surface area contributed by atoms with Crippen LogP contribution >= 0.6 is 0 Å². The number of aromatic nitrogens is 4. The van der Waals surface area contributed by atoms with Crippen molar-refractivity contribution in [2.75, 3.05) is 0 Å². The van der Waals surface area contributed by atoms with Crippen LogP contribution in [0.15, 0.2) is 65.5 Å². The first-order valence-electron chi connectivity index (χ1n) is 9.08. The molecule has 7 nitrogen and oxygen atoms in total. The minimum Gasteiger partial charge on any atom is -0.347 e. The van der Waals surface area contributed by atoms with Crippen LogP contribution in [0.3, 0.4) is 0 Å². The Morgan fingerprint density at radius 3 is 2.66 bits per heavy atom. The van der Waals surface area contributed by atoms with Crippen LogP contribution in [0.2, 0.25) is 0 Å².